The van der Waals surface area contributed by atoms with Crippen LogP contribution in [0.25, 0.3) is 0 Å². The molecule has 0 amide bonds. The van der Waals surface area contributed by atoms with Crippen molar-refractivity contribution in [1.29, 1.82) is 0 Å². The van der Waals surface area contributed by atoms with Gasteiger partial charge in [-0.15, -0.1) is 0 Å². The molecule has 0 unspecified atom stereocenters. The smallest absolute Gasteiger partial charge is 0.333 e. The number of para-hydroxylation sites is 2. The van der Waals surface area contributed by atoms with Crippen LogP contribution in [0.5, 0.6) is 5.88 Å². The normalized spacial score (nSPS) is 11.1. The van der Waals surface area contributed by atoms with Crippen LogP contribution < -0.4 is 16.5 Å². The maximum Gasteiger partial charge on any atom is 0.333 e. The van der Waals surface area contributed by atoms with Gasteiger partial charge in [0.15, 0.2) is 0 Å². The zero-order chi connectivity index (χ0) is 16.4. The monoisotopic (exact) mass is 305 g/mol. The van der Waals surface area contributed by atoms with E-state index in [0.29, 0.717) is 0 Å². The predicted octanol–water partition coefficient (Wildman–Crippen LogP) is 0.234. The summed E-state index contributed by atoms with van der Waals surface area (Å²) >= 11 is 0. The van der Waals surface area contributed by atoms with Crippen molar-refractivity contribution in [3.8, 4) is 5.88 Å². The zero-order valence-corrected chi connectivity index (χ0v) is 11.8. The summed E-state index contributed by atoms with van der Waals surface area (Å²) in [7, 11) is 2.57. The fourth-order valence-electron chi connectivity index (χ4n) is 1.84. The number of hydrogen-bond donors (Lipinski definition) is 2. The fourth-order valence-corrected chi connectivity index (χ4v) is 1.84. The summed E-state index contributed by atoms with van der Waals surface area (Å²) < 4.78 is 1.71. The third kappa shape index (κ3) is 2.62. The summed E-state index contributed by atoms with van der Waals surface area (Å²) in [6.07, 6.45) is 1.03. The highest BCUT2D eigenvalue weighted by molar-refractivity contribution is 5.85. The van der Waals surface area contributed by atoms with Crippen molar-refractivity contribution in [1.82, 2.24) is 9.13 Å². The molecule has 9 nitrogen and oxygen atoms in total. The molecule has 0 radical (unpaired) electrons. The van der Waals surface area contributed by atoms with Crippen LogP contribution in [0, 0.1) is 5.21 Å². The molecule has 0 saturated heterocycles. The highest BCUT2D eigenvalue weighted by Gasteiger charge is 2.13. The van der Waals surface area contributed by atoms with Crippen LogP contribution >= 0.6 is 0 Å². The highest BCUT2D eigenvalue weighted by Crippen LogP contribution is 2.26. The van der Waals surface area contributed by atoms with E-state index in [0.717, 1.165) is 15.3 Å². The largest absolute Gasteiger partial charge is 0.733 e. The van der Waals surface area contributed by atoms with Crippen LogP contribution in [-0.4, -0.2) is 25.7 Å². The van der Waals surface area contributed by atoms with E-state index >= 15 is 0 Å². The first-order valence-electron chi connectivity index (χ1n) is 6.12. The molecule has 9 heteroatoms. The van der Waals surface area contributed by atoms with E-state index in [2.05, 4.69) is 4.99 Å². The van der Waals surface area contributed by atoms with Gasteiger partial charge < -0.3 is 15.5 Å². The Bertz CT molecular complexity index is 850. The molecule has 0 aliphatic rings. The van der Waals surface area contributed by atoms with Crippen molar-refractivity contribution in [2.75, 3.05) is 5.23 Å². The van der Waals surface area contributed by atoms with Gasteiger partial charge in [-0.2, -0.15) is 0 Å². The van der Waals surface area contributed by atoms with E-state index in [-0.39, 0.29) is 22.2 Å². The third-order valence-electron chi connectivity index (χ3n) is 3.09. The van der Waals surface area contributed by atoms with Crippen molar-refractivity contribution in [2.45, 2.75) is 0 Å². The Kier molecular flexibility index (Phi) is 4.11. The molecule has 0 aliphatic heterocycles. The first kappa shape index (κ1) is 15.5. The van der Waals surface area contributed by atoms with Gasteiger partial charge in [-0.3, -0.25) is 24.1 Å². The Balaban J connectivity index is 2.58. The summed E-state index contributed by atoms with van der Waals surface area (Å²) in [6, 6.07) is 5.88. The molecule has 0 saturated carbocycles. The van der Waals surface area contributed by atoms with Crippen LogP contribution in [0.15, 0.2) is 38.8 Å². The van der Waals surface area contributed by atoms with Crippen molar-refractivity contribution in [2.24, 2.45) is 19.1 Å². The number of rotatable bonds is 3. The van der Waals surface area contributed by atoms with E-state index in [1.807, 2.05) is 0 Å². The lowest BCUT2D eigenvalue weighted by Gasteiger charge is -2.22. The van der Waals surface area contributed by atoms with E-state index in [1.165, 1.54) is 32.3 Å². The summed E-state index contributed by atoms with van der Waals surface area (Å²) in [5.41, 5.74) is -1.66. The number of nitrogens with zero attached hydrogens (tertiary/aromatic N) is 4. The number of aromatic hydroxyl groups is 1. The Morgan fingerprint density at radius 3 is 2.50 bits per heavy atom. The van der Waals surface area contributed by atoms with Crippen LogP contribution in [0.1, 0.15) is 5.56 Å². The molecular formula is C13H13N4O5-. The molecule has 2 rings (SSSR count). The van der Waals surface area contributed by atoms with E-state index in [9.17, 15) is 19.9 Å². The molecule has 22 heavy (non-hydrogen) atoms. The fraction of sp³-hybridized carbons (Fsp3) is 0.154. The van der Waals surface area contributed by atoms with Gasteiger partial charge in [-0.05, 0) is 12.1 Å². The summed E-state index contributed by atoms with van der Waals surface area (Å²) in [5, 5.41) is 29.5. The molecule has 0 spiro atoms. The minimum absolute atomic E-state index is 0.0929. The van der Waals surface area contributed by atoms with Crippen molar-refractivity contribution in [3.05, 3.63) is 55.9 Å². The molecular weight excluding hydrogens is 292 g/mol. The number of aromatic nitrogens is 2. The minimum atomic E-state index is -0.732. The van der Waals surface area contributed by atoms with Gasteiger partial charge in [0, 0.05) is 20.3 Å². The second-order valence-electron chi connectivity index (χ2n) is 4.46. The second-order valence-corrected chi connectivity index (χ2v) is 4.46. The molecule has 2 N–H and O–H groups in total. The summed E-state index contributed by atoms with van der Waals surface area (Å²) in [5.74, 6) is -0.544. The molecule has 0 fully saturated rings. The first-order valence-corrected chi connectivity index (χ1v) is 6.12. The molecule has 0 aliphatic carbocycles. The lowest BCUT2D eigenvalue weighted by atomic mass is 10.2. The van der Waals surface area contributed by atoms with Crippen LogP contribution in [0.3, 0.4) is 0 Å². The maximum absolute atomic E-state index is 12.0. The van der Waals surface area contributed by atoms with Gasteiger partial charge >= 0.3 is 5.69 Å². The maximum atomic E-state index is 12.0. The molecule has 1 heterocycles. The van der Waals surface area contributed by atoms with E-state index in [4.69, 9.17) is 5.21 Å². The Labute approximate surface area is 124 Å². The van der Waals surface area contributed by atoms with Crippen LogP contribution in [0.4, 0.5) is 11.4 Å². The predicted molar refractivity (Wildman–Crippen MR) is 79.9 cm³/mol. The lowest BCUT2D eigenvalue weighted by molar-refractivity contribution is 0.297. The molecule has 116 valence electrons. The van der Waals surface area contributed by atoms with Crippen LogP contribution in [-0.2, 0) is 14.1 Å². The zero-order valence-electron chi connectivity index (χ0n) is 11.8. The molecule has 2 aromatic rings. The highest BCUT2D eigenvalue weighted by atomic mass is 16.8. The molecule has 1 aromatic heterocycles. The molecule has 1 aromatic carbocycles. The van der Waals surface area contributed by atoms with Crippen molar-refractivity contribution < 1.29 is 10.3 Å². The van der Waals surface area contributed by atoms with Crippen molar-refractivity contribution in [3.63, 3.8) is 0 Å². The lowest BCUT2D eigenvalue weighted by Crippen LogP contribution is -2.38. The molecule has 0 bridgehead atoms. The minimum Gasteiger partial charge on any atom is -0.733 e. The van der Waals surface area contributed by atoms with Gasteiger partial charge in [0.25, 0.3) is 5.56 Å². The summed E-state index contributed by atoms with van der Waals surface area (Å²) in [6.45, 7) is 0. The van der Waals surface area contributed by atoms with Crippen molar-refractivity contribution >= 4 is 17.6 Å². The second kappa shape index (κ2) is 5.84. The molecule has 0 atom stereocenters. The Morgan fingerprint density at radius 1 is 1.23 bits per heavy atom. The topological polar surface area (TPSA) is 123 Å². The number of aliphatic imine (C=N–C) groups is 1. The number of hydrogen-bond acceptors (Lipinski definition) is 7. The first-order chi connectivity index (χ1) is 10.3. The number of anilines is 1. The van der Waals surface area contributed by atoms with Gasteiger partial charge in [0.2, 0.25) is 5.88 Å². The summed E-state index contributed by atoms with van der Waals surface area (Å²) in [4.78, 5) is 27.5. The average molecular weight is 305 g/mol. The van der Waals surface area contributed by atoms with Gasteiger partial charge in [-0.25, -0.2) is 4.79 Å². The van der Waals surface area contributed by atoms with Gasteiger partial charge in [0.05, 0.1) is 11.4 Å². The Hall–Kier alpha value is -2.91. The average Bonchev–Trinajstić information content (AvgIpc) is 2.51. The van der Waals surface area contributed by atoms with Gasteiger partial charge in [-0.1, -0.05) is 12.1 Å². The third-order valence-corrected chi connectivity index (χ3v) is 3.09. The number of benzene rings is 1. The van der Waals surface area contributed by atoms with E-state index in [1.54, 1.807) is 6.07 Å². The van der Waals surface area contributed by atoms with Gasteiger partial charge in [0.1, 0.15) is 5.56 Å². The van der Waals surface area contributed by atoms with Crippen LogP contribution in [0.2, 0.25) is 0 Å². The van der Waals surface area contributed by atoms with E-state index < -0.39 is 17.1 Å². The Morgan fingerprint density at radius 2 is 1.86 bits per heavy atom. The SMILES string of the molecule is Cn1c(O)c(C=Nc2ccccc2N([O-])O)c(=O)n(C)c1=O. The standard InChI is InChI=1S/C13H13N4O5/c1-15-11(18)8(12(19)16(2)13(15)20)7-14-9-5-3-4-6-10(9)17(21)22/h3-7,18,21H,1-2H3/q-1. The quantitative estimate of drug-likeness (QED) is 0.618.